The van der Waals surface area contributed by atoms with Crippen LogP contribution >= 0.6 is 0 Å². The molecular formula is C19H26N4O2. The van der Waals surface area contributed by atoms with Crippen molar-refractivity contribution in [1.82, 2.24) is 14.7 Å². The van der Waals surface area contributed by atoms with Crippen molar-refractivity contribution in [1.29, 1.82) is 0 Å². The molecule has 134 valence electrons. The number of aryl methyl sites for hydroxylation is 2. The van der Waals surface area contributed by atoms with Crippen molar-refractivity contribution in [3.8, 4) is 11.3 Å². The van der Waals surface area contributed by atoms with Gasteiger partial charge in [0, 0.05) is 44.6 Å². The van der Waals surface area contributed by atoms with Gasteiger partial charge in [-0.3, -0.25) is 14.3 Å². The lowest BCUT2D eigenvalue weighted by atomic mass is 10.1. The molecule has 0 radical (unpaired) electrons. The zero-order valence-electron chi connectivity index (χ0n) is 15.4. The molecule has 1 aromatic heterocycles. The molecule has 0 aliphatic heterocycles. The van der Waals surface area contributed by atoms with Crippen LogP contribution in [0.4, 0.5) is 5.82 Å². The zero-order chi connectivity index (χ0) is 18.4. The normalized spacial score (nSPS) is 10.6. The third-order valence-corrected chi connectivity index (χ3v) is 4.25. The molecule has 0 bridgehead atoms. The molecule has 0 fully saturated rings. The van der Waals surface area contributed by atoms with Crippen LogP contribution < -0.4 is 5.32 Å². The van der Waals surface area contributed by atoms with E-state index in [-0.39, 0.29) is 24.7 Å². The lowest BCUT2D eigenvalue weighted by molar-refractivity contribution is -0.132. The molecule has 6 heteroatoms. The Balaban J connectivity index is 2.00. The third kappa shape index (κ3) is 4.68. The number of benzene rings is 1. The van der Waals surface area contributed by atoms with Crippen LogP contribution in [0.2, 0.25) is 0 Å². The van der Waals surface area contributed by atoms with Gasteiger partial charge in [0.25, 0.3) is 0 Å². The summed E-state index contributed by atoms with van der Waals surface area (Å²) < 4.78 is 1.64. The fourth-order valence-corrected chi connectivity index (χ4v) is 2.74. The number of amides is 2. The van der Waals surface area contributed by atoms with Crippen LogP contribution in [0.5, 0.6) is 0 Å². The molecule has 0 saturated carbocycles. The minimum Gasteiger partial charge on any atom is -0.343 e. The quantitative estimate of drug-likeness (QED) is 0.841. The topological polar surface area (TPSA) is 67.2 Å². The van der Waals surface area contributed by atoms with E-state index < -0.39 is 0 Å². The van der Waals surface area contributed by atoms with Gasteiger partial charge < -0.3 is 10.2 Å². The predicted octanol–water partition coefficient (Wildman–Crippen LogP) is 2.98. The van der Waals surface area contributed by atoms with E-state index in [4.69, 9.17) is 0 Å². The Hall–Kier alpha value is -2.63. The second kappa shape index (κ2) is 8.46. The first-order valence-electron chi connectivity index (χ1n) is 8.63. The molecule has 0 aliphatic carbocycles. The van der Waals surface area contributed by atoms with E-state index in [2.05, 4.69) is 10.4 Å². The van der Waals surface area contributed by atoms with E-state index in [0.717, 1.165) is 16.8 Å². The SMILES string of the molecule is CCN(CC)C(=O)CCC(=O)Nc1cc(-c2ccccc2C)nn1C. The van der Waals surface area contributed by atoms with Crippen molar-refractivity contribution in [3.05, 3.63) is 35.9 Å². The fourth-order valence-electron chi connectivity index (χ4n) is 2.74. The van der Waals surface area contributed by atoms with Crippen molar-refractivity contribution in [3.63, 3.8) is 0 Å². The van der Waals surface area contributed by atoms with Gasteiger partial charge in [0.15, 0.2) is 0 Å². The first-order valence-corrected chi connectivity index (χ1v) is 8.63. The molecule has 0 aliphatic rings. The molecule has 25 heavy (non-hydrogen) atoms. The summed E-state index contributed by atoms with van der Waals surface area (Å²) in [6.07, 6.45) is 0.385. The van der Waals surface area contributed by atoms with E-state index in [9.17, 15) is 9.59 Å². The third-order valence-electron chi connectivity index (χ3n) is 4.25. The second-order valence-corrected chi connectivity index (χ2v) is 5.97. The number of aromatic nitrogens is 2. The van der Waals surface area contributed by atoms with Crippen molar-refractivity contribution in [2.24, 2.45) is 7.05 Å². The Morgan fingerprint density at radius 1 is 1.16 bits per heavy atom. The maximum absolute atomic E-state index is 12.2. The minimum atomic E-state index is -0.181. The number of hydrogen-bond donors (Lipinski definition) is 1. The smallest absolute Gasteiger partial charge is 0.226 e. The summed E-state index contributed by atoms with van der Waals surface area (Å²) in [5.74, 6) is 0.448. The fraction of sp³-hybridized carbons (Fsp3) is 0.421. The van der Waals surface area contributed by atoms with Crippen molar-refractivity contribution in [2.45, 2.75) is 33.6 Å². The standard InChI is InChI=1S/C19H26N4O2/c1-5-23(6-2)19(25)12-11-18(24)20-17-13-16(21-22(17)4)15-10-8-7-9-14(15)3/h7-10,13H,5-6,11-12H2,1-4H3,(H,20,24). The highest BCUT2D eigenvalue weighted by atomic mass is 16.2. The Kier molecular flexibility index (Phi) is 6.33. The molecule has 0 saturated heterocycles. The average Bonchev–Trinajstić information content (AvgIpc) is 2.95. The van der Waals surface area contributed by atoms with Crippen LogP contribution in [-0.2, 0) is 16.6 Å². The molecule has 1 heterocycles. The van der Waals surface area contributed by atoms with Crippen LogP contribution in [-0.4, -0.2) is 39.6 Å². The number of hydrogen-bond acceptors (Lipinski definition) is 3. The molecule has 1 N–H and O–H groups in total. The lowest BCUT2D eigenvalue weighted by Crippen LogP contribution is -2.31. The van der Waals surface area contributed by atoms with Crippen molar-refractivity contribution < 1.29 is 9.59 Å². The second-order valence-electron chi connectivity index (χ2n) is 5.97. The van der Waals surface area contributed by atoms with Gasteiger partial charge in [-0.2, -0.15) is 5.10 Å². The molecule has 2 amide bonds. The van der Waals surface area contributed by atoms with E-state index in [1.54, 1.807) is 16.6 Å². The number of carbonyl (C=O) groups excluding carboxylic acids is 2. The predicted molar refractivity (Wildman–Crippen MR) is 99.2 cm³/mol. The van der Waals surface area contributed by atoms with Crippen molar-refractivity contribution in [2.75, 3.05) is 18.4 Å². The van der Waals surface area contributed by atoms with Crippen LogP contribution in [0.1, 0.15) is 32.3 Å². The number of carbonyl (C=O) groups is 2. The van der Waals surface area contributed by atoms with Gasteiger partial charge in [0.1, 0.15) is 5.82 Å². The molecule has 2 aromatic rings. The van der Waals surface area contributed by atoms with Gasteiger partial charge >= 0.3 is 0 Å². The Labute approximate surface area is 148 Å². The summed E-state index contributed by atoms with van der Waals surface area (Å²) in [4.78, 5) is 25.9. The first-order chi connectivity index (χ1) is 12.0. The van der Waals surface area contributed by atoms with Gasteiger partial charge in [0.05, 0.1) is 5.69 Å². The molecule has 1 aromatic carbocycles. The summed E-state index contributed by atoms with van der Waals surface area (Å²) >= 11 is 0. The number of nitrogens with zero attached hydrogens (tertiary/aromatic N) is 3. The first kappa shape index (κ1) is 18.7. The average molecular weight is 342 g/mol. The van der Waals surface area contributed by atoms with Crippen LogP contribution in [0.25, 0.3) is 11.3 Å². The number of nitrogens with one attached hydrogen (secondary N) is 1. The van der Waals surface area contributed by atoms with Crippen LogP contribution in [0.15, 0.2) is 30.3 Å². The van der Waals surface area contributed by atoms with Crippen molar-refractivity contribution >= 4 is 17.6 Å². The summed E-state index contributed by atoms with van der Waals surface area (Å²) in [6.45, 7) is 7.23. The maximum atomic E-state index is 12.2. The van der Waals surface area contributed by atoms with E-state index in [1.165, 1.54) is 0 Å². The Bertz CT molecular complexity index is 748. The van der Waals surface area contributed by atoms with E-state index in [1.807, 2.05) is 51.1 Å². The van der Waals surface area contributed by atoms with E-state index in [0.29, 0.717) is 18.9 Å². The van der Waals surface area contributed by atoms with Crippen LogP contribution in [0, 0.1) is 6.92 Å². The maximum Gasteiger partial charge on any atom is 0.226 e. The summed E-state index contributed by atoms with van der Waals surface area (Å²) in [5.41, 5.74) is 2.98. The highest BCUT2D eigenvalue weighted by Crippen LogP contribution is 2.24. The molecule has 6 nitrogen and oxygen atoms in total. The Morgan fingerprint density at radius 2 is 1.84 bits per heavy atom. The van der Waals surface area contributed by atoms with Gasteiger partial charge in [-0.05, 0) is 26.3 Å². The molecule has 0 atom stereocenters. The van der Waals surface area contributed by atoms with Gasteiger partial charge in [-0.15, -0.1) is 0 Å². The van der Waals surface area contributed by atoms with E-state index >= 15 is 0 Å². The summed E-state index contributed by atoms with van der Waals surface area (Å²) in [7, 11) is 1.79. The highest BCUT2D eigenvalue weighted by Gasteiger charge is 2.14. The van der Waals surface area contributed by atoms with Gasteiger partial charge in [-0.1, -0.05) is 24.3 Å². The highest BCUT2D eigenvalue weighted by molar-refractivity contribution is 5.93. The summed E-state index contributed by atoms with van der Waals surface area (Å²) in [5, 5.41) is 7.31. The lowest BCUT2D eigenvalue weighted by Gasteiger charge is -2.18. The largest absolute Gasteiger partial charge is 0.343 e. The summed E-state index contributed by atoms with van der Waals surface area (Å²) in [6, 6.07) is 9.84. The van der Waals surface area contributed by atoms with Gasteiger partial charge in [-0.25, -0.2) is 0 Å². The molecule has 2 rings (SSSR count). The molecular weight excluding hydrogens is 316 g/mol. The monoisotopic (exact) mass is 342 g/mol. The number of anilines is 1. The number of rotatable bonds is 7. The minimum absolute atomic E-state index is 0.00533. The van der Waals surface area contributed by atoms with Crippen LogP contribution in [0.3, 0.4) is 0 Å². The molecule has 0 spiro atoms. The zero-order valence-corrected chi connectivity index (χ0v) is 15.4. The molecule has 0 unspecified atom stereocenters. The van der Waals surface area contributed by atoms with Gasteiger partial charge in [0.2, 0.25) is 11.8 Å². The Morgan fingerprint density at radius 3 is 2.48 bits per heavy atom.